The van der Waals surface area contributed by atoms with E-state index in [1.54, 1.807) is 6.20 Å². The second-order valence-corrected chi connectivity index (χ2v) is 9.44. The number of nitrogens with two attached hydrogens (primary N) is 1. The van der Waals surface area contributed by atoms with Crippen molar-refractivity contribution in [3.05, 3.63) is 29.7 Å². The molecule has 4 N–H and O–H groups in total. The Kier molecular flexibility index (Phi) is 5.59. The third kappa shape index (κ3) is 3.96. The second-order valence-electron chi connectivity index (χ2n) is 9.44. The van der Waals surface area contributed by atoms with Crippen molar-refractivity contribution in [2.45, 2.75) is 38.1 Å². The highest BCUT2D eigenvalue weighted by Gasteiger charge is 2.45. The predicted octanol–water partition coefficient (Wildman–Crippen LogP) is 1.85. The third-order valence-corrected chi connectivity index (χ3v) is 6.45. The standard InChI is InChI=1S/C22H33FN4O3/c1-21(13-28)11-27(12-21)19-8-18(26(2)3)15(7-16(19)23)17(24)9-25-10-20-29-14-22(30-20)5-4-6-22/h7-9,20,25,28H,4-6,10-14,24H2,1-3H3/b17-9-. The van der Waals surface area contributed by atoms with Crippen molar-refractivity contribution in [1.29, 1.82) is 0 Å². The summed E-state index contributed by atoms with van der Waals surface area (Å²) in [5.74, 6) is -0.318. The van der Waals surface area contributed by atoms with Crippen LogP contribution in [0.25, 0.3) is 5.70 Å². The molecule has 0 radical (unpaired) electrons. The van der Waals surface area contributed by atoms with Gasteiger partial charge in [-0.15, -0.1) is 0 Å². The minimum Gasteiger partial charge on any atom is -0.397 e. The first kappa shape index (κ1) is 21.2. The zero-order valence-corrected chi connectivity index (χ0v) is 18.1. The van der Waals surface area contributed by atoms with Crippen LogP contribution >= 0.6 is 0 Å². The van der Waals surface area contributed by atoms with Crippen molar-refractivity contribution in [1.82, 2.24) is 5.32 Å². The van der Waals surface area contributed by atoms with Gasteiger partial charge in [0.25, 0.3) is 0 Å². The van der Waals surface area contributed by atoms with Crippen LogP contribution in [0.3, 0.4) is 0 Å². The Bertz CT molecular complexity index is 819. The number of rotatable bonds is 7. The summed E-state index contributed by atoms with van der Waals surface area (Å²) in [5, 5.41) is 12.6. The molecular formula is C22H33FN4O3. The number of anilines is 2. The van der Waals surface area contributed by atoms with Crippen molar-refractivity contribution in [2.24, 2.45) is 11.1 Å². The Morgan fingerprint density at radius 3 is 2.70 bits per heavy atom. The van der Waals surface area contributed by atoms with Gasteiger partial charge in [-0.25, -0.2) is 4.39 Å². The van der Waals surface area contributed by atoms with Gasteiger partial charge >= 0.3 is 0 Å². The summed E-state index contributed by atoms with van der Waals surface area (Å²) in [6.07, 6.45) is 4.73. The van der Waals surface area contributed by atoms with E-state index in [2.05, 4.69) is 5.32 Å². The van der Waals surface area contributed by atoms with Gasteiger partial charge in [0.1, 0.15) is 5.82 Å². The lowest BCUT2D eigenvalue weighted by molar-refractivity contribution is -0.112. The van der Waals surface area contributed by atoms with E-state index >= 15 is 0 Å². The van der Waals surface area contributed by atoms with Crippen LogP contribution in [0, 0.1) is 11.2 Å². The molecule has 1 atom stereocenters. The molecule has 2 heterocycles. The van der Waals surface area contributed by atoms with Crippen LogP contribution in [0.1, 0.15) is 31.7 Å². The topological polar surface area (TPSA) is 83.2 Å². The second kappa shape index (κ2) is 7.90. The van der Waals surface area contributed by atoms with Gasteiger partial charge in [-0.05, 0) is 31.4 Å². The fourth-order valence-electron chi connectivity index (χ4n) is 4.41. The Hall–Kier alpha value is -2.03. The summed E-state index contributed by atoms with van der Waals surface area (Å²) in [7, 11) is 3.82. The number of aliphatic hydroxyl groups excluding tert-OH is 1. The smallest absolute Gasteiger partial charge is 0.175 e. The first-order valence-electron chi connectivity index (χ1n) is 10.6. The Balaban J connectivity index is 1.44. The number of aliphatic hydroxyl groups is 1. The van der Waals surface area contributed by atoms with Crippen molar-refractivity contribution >= 4 is 17.1 Å². The highest BCUT2D eigenvalue weighted by atomic mass is 19.1. The van der Waals surface area contributed by atoms with Crippen molar-refractivity contribution in [3.8, 4) is 0 Å². The largest absolute Gasteiger partial charge is 0.397 e. The summed E-state index contributed by atoms with van der Waals surface area (Å²) in [5.41, 5.74) is 8.50. The van der Waals surface area contributed by atoms with Gasteiger partial charge in [0.05, 0.1) is 36.7 Å². The van der Waals surface area contributed by atoms with Crippen molar-refractivity contribution in [3.63, 3.8) is 0 Å². The number of nitrogens with one attached hydrogen (secondary N) is 1. The molecule has 2 saturated heterocycles. The summed E-state index contributed by atoms with van der Waals surface area (Å²) in [4.78, 5) is 3.87. The van der Waals surface area contributed by atoms with Crippen LogP contribution in [0.15, 0.2) is 18.3 Å². The molecule has 8 heteroatoms. The quantitative estimate of drug-likeness (QED) is 0.621. The maximum Gasteiger partial charge on any atom is 0.175 e. The van der Waals surface area contributed by atoms with Crippen LogP contribution < -0.4 is 20.9 Å². The molecule has 166 valence electrons. The molecule has 3 aliphatic rings. The average molecular weight is 421 g/mol. The lowest BCUT2D eigenvalue weighted by atomic mass is 9.81. The summed E-state index contributed by atoms with van der Waals surface area (Å²) in [6.45, 7) is 4.50. The molecule has 4 rings (SSSR count). The van der Waals surface area contributed by atoms with Crippen molar-refractivity contribution in [2.75, 3.05) is 56.7 Å². The number of nitrogens with zero attached hydrogens (tertiary/aromatic N) is 2. The number of halogens is 1. The molecule has 1 aliphatic carbocycles. The van der Waals surface area contributed by atoms with Gasteiger partial charge in [0, 0.05) is 50.1 Å². The van der Waals surface area contributed by atoms with Crippen LogP contribution in [-0.2, 0) is 9.47 Å². The number of benzene rings is 1. The van der Waals surface area contributed by atoms with Gasteiger partial charge < -0.3 is 35.4 Å². The molecule has 2 aliphatic heterocycles. The average Bonchev–Trinajstić information content (AvgIpc) is 3.10. The zero-order chi connectivity index (χ0) is 21.5. The maximum atomic E-state index is 14.9. The van der Waals surface area contributed by atoms with Gasteiger partial charge in [0.2, 0.25) is 0 Å². The van der Waals surface area contributed by atoms with Gasteiger partial charge in [-0.3, -0.25) is 0 Å². The fourth-order valence-corrected chi connectivity index (χ4v) is 4.41. The minimum absolute atomic E-state index is 0.0678. The van der Waals surface area contributed by atoms with E-state index in [4.69, 9.17) is 15.2 Å². The van der Waals surface area contributed by atoms with E-state index < -0.39 is 0 Å². The van der Waals surface area contributed by atoms with Crippen LogP contribution in [-0.4, -0.2) is 63.9 Å². The molecule has 0 amide bonds. The number of hydrogen-bond donors (Lipinski definition) is 3. The fraction of sp³-hybridized carbons (Fsp3) is 0.636. The summed E-state index contributed by atoms with van der Waals surface area (Å²) in [6, 6.07) is 3.31. The Morgan fingerprint density at radius 1 is 1.40 bits per heavy atom. The van der Waals surface area contributed by atoms with Gasteiger partial charge in [0.15, 0.2) is 6.29 Å². The monoisotopic (exact) mass is 420 g/mol. The molecule has 3 fully saturated rings. The number of hydrogen-bond acceptors (Lipinski definition) is 7. The zero-order valence-electron chi connectivity index (χ0n) is 18.1. The lowest BCUT2D eigenvalue weighted by Crippen LogP contribution is -2.57. The molecule has 1 unspecified atom stereocenters. The number of ether oxygens (including phenoxy) is 2. The SMILES string of the molecule is CN(C)c1cc(N2CC(C)(CO)C2)c(F)cc1/C(N)=C/NCC1OCC2(CCC2)O1. The normalized spacial score (nSPS) is 24.5. The maximum absolute atomic E-state index is 14.9. The van der Waals surface area contributed by atoms with Crippen LogP contribution in [0.2, 0.25) is 0 Å². The highest BCUT2D eigenvalue weighted by molar-refractivity contribution is 5.78. The van der Waals surface area contributed by atoms with E-state index in [0.717, 1.165) is 18.5 Å². The molecule has 1 saturated carbocycles. The van der Waals surface area contributed by atoms with E-state index in [-0.39, 0.29) is 29.7 Å². The van der Waals surface area contributed by atoms with E-state index in [1.807, 2.05) is 36.9 Å². The molecule has 7 nitrogen and oxygen atoms in total. The molecular weight excluding hydrogens is 387 g/mol. The Morgan fingerprint density at radius 2 is 2.13 bits per heavy atom. The predicted molar refractivity (Wildman–Crippen MR) is 116 cm³/mol. The first-order valence-corrected chi connectivity index (χ1v) is 10.6. The Labute approximate surface area is 177 Å². The van der Waals surface area contributed by atoms with Crippen molar-refractivity contribution < 1.29 is 19.0 Å². The third-order valence-electron chi connectivity index (χ3n) is 6.45. The van der Waals surface area contributed by atoms with E-state index in [1.165, 1.54) is 12.5 Å². The van der Waals surface area contributed by atoms with Crippen LogP contribution in [0.5, 0.6) is 0 Å². The molecule has 30 heavy (non-hydrogen) atoms. The molecule has 1 aromatic rings. The highest BCUT2D eigenvalue weighted by Crippen LogP contribution is 2.41. The molecule has 0 aromatic heterocycles. The van der Waals surface area contributed by atoms with E-state index in [9.17, 15) is 9.50 Å². The van der Waals surface area contributed by atoms with Gasteiger partial charge in [-0.1, -0.05) is 6.92 Å². The first-order chi connectivity index (χ1) is 14.2. The molecule has 0 bridgehead atoms. The van der Waals surface area contributed by atoms with Gasteiger partial charge in [-0.2, -0.15) is 0 Å². The van der Waals surface area contributed by atoms with E-state index in [0.29, 0.717) is 43.2 Å². The summed E-state index contributed by atoms with van der Waals surface area (Å²) >= 11 is 0. The molecule has 1 spiro atoms. The minimum atomic E-state index is -0.318. The lowest BCUT2D eigenvalue weighted by Gasteiger charge is -2.48. The molecule has 1 aromatic carbocycles. The summed E-state index contributed by atoms with van der Waals surface area (Å²) < 4.78 is 26.6. The van der Waals surface area contributed by atoms with Crippen LogP contribution in [0.4, 0.5) is 15.8 Å².